The van der Waals surface area contributed by atoms with E-state index in [2.05, 4.69) is 30.3 Å². The lowest BCUT2D eigenvalue weighted by Crippen LogP contribution is -2.26. The molecule has 5 heteroatoms. The van der Waals surface area contributed by atoms with Crippen molar-refractivity contribution >= 4 is 59.2 Å². The molecule has 0 saturated heterocycles. The van der Waals surface area contributed by atoms with Crippen molar-refractivity contribution in [2.24, 2.45) is 0 Å². The Morgan fingerprint density at radius 1 is 0.486 bits per heavy atom. The molecule has 0 aromatic heterocycles. The first-order valence-electron chi connectivity index (χ1n) is 13.8. The predicted molar refractivity (Wildman–Crippen MR) is 164 cm³/mol. The molecule has 35 heavy (non-hydrogen) atoms. The first kappa shape index (κ1) is 29.7. The summed E-state index contributed by atoms with van der Waals surface area (Å²) in [4.78, 5) is 0. The van der Waals surface area contributed by atoms with Crippen LogP contribution in [0.25, 0.3) is 0 Å². The maximum atomic E-state index is 5.82. The predicted octanol–water partition coefficient (Wildman–Crippen LogP) is 11.1. The Kier molecular flexibility index (Phi) is 15.0. The maximum Gasteiger partial charge on any atom is 0.116 e. The molecule has 3 fully saturated rings. The number of rotatable bonds is 4. The van der Waals surface area contributed by atoms with Crippen molar-refractivity contribution in [1.29, 1.82) is 0 Å². The Morgan fingerprint density at radius 3 is 1.17 bits per heavy atom. The van der Waals surface area contributed by atoms with E-state index < -0.39 is 6.63 Å². The van der Waals surface area contributed by atoms with Crippen molar-refractivity contribution in [2.75, 3.05) is 0 Å². The van der Waals surface area contributed by atoms with E-state index in [4.69, 9.17) is 34.1 Å². The normalized spacial score (nSPS) is 20.0. The summed E-state index contributed by atoms with van der Waals surface area (Å²) in [5.41, 5.74) is 2.07. The van der Waals surface area contributed by atoms with Crippen LogP contribution in [0.5, 0.6) is 0 Å². The zero-order valence-electron chi connectivity index (χ0n) is 21.1. The van der Waals surface area contributed by atoms with E-state index in [1.807, 2.05) is 30.3 Å². The van der Waals surface area contributed by atoms with Gasteiger partial charge in [-0.3, -0.25) is 0 Å². The highest BCUT2D eigenvalue weighted by molar-refractivity contribution is 8.08. The van der Waals surface area contributed by atoms with E-state index in [1.54, 1.807) is 5.30 Å². The number of halogens is 3. The molecule has 194 valence electrons. The third-order valence-electron chi connectivity index (χ3n) is 7.48. The summed E-state index contributed by atoms with van der Waals surface area (Å²) in [7, 11) is 0.108. The van der Waals surface area contributed by atoms with E-state index in [-0.39, 0.29) is 7.92 Å². The van der Waals surface area contributed by atoms with Crippen LogP contribution in [-0.4, -0.2) is 16.7 Å². The molecule has 0 nitrogen and oxygen atoms in total. The van der Waals surface area contributed by atoms with E-state index in [9.17, 15) is 0 Å². The molecule has 0 atom stereocenters. The molecule has 2 aromatic carbocycles. The van der Waals surface area contributed by atoms with Crippen molar-refractivity contribution in [3.63, 3.8) is 0 Å². The molecule has 0 aliphatic heterocycles. The molecule has 0 spiro atoms. The van der Waals surface area contributed by atoms with Gasteiger partial charge in [0, 0.05) is 10.7 Å². The fraction of sp³-hybridized carbons (Fsp3) is 0.600. The van der Waals surface area contributed by atoms with Gasteiger partial charge in [-0.25, -0.2) is 0 Å². The third kappa shape index (κ3) is 11.2. The van der Waals surface area contributed by atoms with Gasteiger partial charge in [0.25, 0.3) is 0 Å². The summed E-state index contributed by atoms with van der Waals surface area (Å²) >= 11 is 17.1. The third-order valence-corrected chi connectivity index (χ3v) is 13.3. The molecule has 3 aliphatic rings. The second-order valence-corrected chi connectivity index (χ2v) is 17.1. The highest BCUT2D eigenvalue weighted by atomic mass is 35.9. The van der Waals surface area contributed by atoms with Crippen LogP contribution in [0.15, 0.2) is 60.7 Å². The Balaban J connectivity index is 0.000000177. The van der Waals surface area contributed by atoms with Crippen LogP contribution in [0, 0.1) is 0 Å². The number of hydrogen-bond donors (Lipinski definition) is 0. The minimum absolute atomic E-state index is 0.108. The molecule has 3 saturated carbocycles. The van der Waals surface area contributed by atoms with Crippen LogP contribution < -0.4 is 10.6 Å². The van der Waals surface area contributed by atoms with Gasteiger partial charge in [0.05, 0.1) is 0 Å². The topological polar surface area (TPSA) is 0 Å². The fourth-order valence-electron chi connectivity index (χ4n) is 5.63. The van der Waals surface area contributed by atoms with Crippen molar-refractivity contribution in [1.82, 2.24) is 0 Å². The van der Waals surface area contributed by atoms with E-state index in [0.717, 1.165) is 16.6 Å². The van der Waals surface area contributed by atoms with Crippen LogP contribution in [0.2, 0.25) is 0 Å². The van der Waals surface area contributed by atoms with Crippen molar-refractivity contribution in [3.8, 4) is 0 Å². The Morgan fingerprint density at radius 2 is 0.857 bits per heavy atom. The van der Waals surface area contributed by atoms with Gasteiger partial charge >= 0.3 is 0 Å². The average Bonchev–Trinajstić information content (AvgIpc) is 2.92. The SMILES string of the molecule is ClC1CCCCC1.ClP(Cl)c1ccccc1.c1ccc(P(C2CCCCC2)C2CCCCC2)cc1. The smallest absolute Gasteiger partial charge is 0.116 e. The monoisotopic (exact) mass is 570 g/mol. The van der Waals surface area contributed by atoms with Crippen LogP contribution in [0.1, 0.15) is 96.3 Å². The first-order valence-corrected chi connectivity index (χ1v) is 18.9. The van der Waals surface area contributed by atoms with Gasteiger partial charge in [0.1, 0.15) is 6.63 Å². The van der Waals surface area contributed by atoms with Gasteiger partial charge in [0.2, 0.25) is 0 Å². The Labute approximate surface area is 232 Å². The summed E-state index contributed by atoms with van der Waals surface area (Å²) in [6.45, 7) is -0.951. The number of alkyl halides is 1. The maximum absolute atomic E-state index is 5.82. The zero-order chi connectivity index (χ0) is 24.7. The van der Waals surface area contributed by atoms with E-state index in [1.165, 1.54) is 96.3 Å². The van der Waals surface area contributed by atoms with Crippen LogP contribution in [0.4, 0.5) is 0 Å². The van der Waals surface area contributed by atoms with Gasteiger partial charge in [-0.2, -0.15) is 0 Å². The molecule has 3 aliphatic carbocycles. The molecular weight excluding hydrogens is 529 g/mol. The first-order chi connectivity index (χ1) is 17.1. The number of hydrogen-bond acceptors (Lipinski definition) is 0. The minimum atomic E-state index is -0.951. The van der Waals surface area contributed by atoms with Gasteiger partial charge in [-0.15, -0.1) is 11.6 Å². The minimum Gasteiger partial charge on any atom is -0.123 e. The quantitative estimate of drug-likeness (QED) is 0.253. The molecule has 0 amide bonds. The summed E-state index contributed by atoms with van der Waals surface area (Å²) < 4.78 is 0. The Hall–Kier alpha value is 0.170. The number of benzene rings is 2. The molecule has 0 heterocycles. The lowest BCUT2D eigenvalue weighted by Gasteiger charge is -2.38. The van der Waals surface area contributed by atoms with E-state index in [0.29, 0.717) is 5.38 Å². The standard InChI is InChI=1S/C18H27P.C6H5Cl2P.C6H11Cl/c1-4-10-16(11-5-1)19(17-12-6-2-7-13-17)18-14-8-3-9-15-18;7-9(8)6-4-2-1-3-5-6;7-6-4-2-1-3-5-6/h1,4-5,10-11,17-18H,2-3,6-9,12-15H2;1-5H;6H,1-5H2. The zero-order valence-corrected chi connectivity index (χ0v) is 25.2. The lowest BCUT2D eigenvalue weighted by atomic mass is 9.99. The summed E-state index contributed by atoms with van der Waals surface area (Å²) in [5.74, 6) is 0. The summed E-state index contributed by atoms with van der Waals surface area (Å²) in [5, 5.41) is 3.22. The molecular formula is C30H43Cl3P2. The van der Waals surface area contributed by atoms with Gasteiger partial charge in [-0.1, -0.05) is 149 Å². The van der Waals surface area contributed by atoms with Gasteiger partial charge in [0.15, 0.2) is 0 Å². The van der Waals surface area contributed by atoms with Crippen LogP contribution in [-0.2, 0) is 0 Å². The molecule has 2 aromatic rings. The Bertz CT molecular complexity index is 751. The second-order valence-electron chi connectivity index (χ2n) is 10.1. The molecule has 0 unspecified atom stereocenters. The van der Waals surface area contributed by atoms with E-state index >= 15 is 0 Å². The fourth-order valence-corrected chi connectivity index (χ4v) is 10.8. The molecule has 5 rings (SSSR count). The molecule has 0 bridgehead atoms. The average molecular weight is 572 g/mol. The van der Waals surface area contributed by atoms with Gasteiger partial charge < -0.3 is 0 Å². The summed E-state index contributed by atoms with van der Waals surface area (Å²) in [6, 6.07) is 21.2. The van der Waals surface area contributed by atoms with Crippen molar-refractivity contribution < 1.29 is 0 Å². The van der Waals surface area contributed by atoms with Crippen molar-refractivity contribution in [3.05, 3.63) is 60.7 Å². The lowest BCUT2D eigenvalue weighted by molar-refractivity contribution is 0.487. The highest BCUT2D eigenvalue weighted by Gasteiger charge is 2.31. The summed E-state index contributed by atoms with van der Waals surface area (Å²) in [6.07, 6.45) is 21.6. The molecule has 0 N–H and O–H groups in total. The van der Waals surface area contributed by atoms with Crippen LogP contribution in [0.3, 0.4) is 0 Å². The second kappa shape index (κ2) is 17.6. The molecule has 0 radical (unpaired) electrons. The van der Waals surface area contributed by atoms with Crippen molar-refractivity contribution in [2.45, 2.75) is 113 Å². The van der Waals surface area contributed by atoms with Gasteiger partial charge in [-0.05, 0) is 55.1 Å². The largest absolute Gasteiger partial charge is 0.123 e. The highest BCUT2D eigenvalue weighted by Crippen LogP contribution is 2.54. The van der Waals surface area contributed by atoms with Crippen LogP contribution >= 0.6 is 48.6 Å².